The van der Waals surface area contributed by atoms with Gasteiger partial charge >= 0.3 is 0 Å². The number of nitrogens with zero attached hydrogens (tertiary/aromatic N) is 4. The molecule has 1 aliphatic rings. The molecule has 0 spiro atoms. The van der Waals surface area contributed by atoms with Gasteiger partial charge in [0, 0.05) is 19.8 Å². The molecule has 7 nitrogen and oxygen atoms in total. The van der Waals surface area contributed by atoms with Gasteiger partial charge in [0.2, 0.25) is 0 Å². The van der Waals surface area contributed by atoms with Gasteiger partial charge in [0.05, 0.1) is 19.8 Å². The van der Waals surface area contributed by atoms with E-state index in [2.05, 4.69) is 31.9 Å². The van der Waals surface area contributed by atoms with Crippen molar-refractivity contribution in [3.05, 3.63) is 41.9 Å². The summed E-state index contributed by atoms with van der Waals surface area (Å²) in [5.41, 5.74) is 2.29. The first-order chi connectivity index (χ1) is 11.4. The van der Waals surface area contributed by atoms with E-state index in [4.69, 9.17) is 4.74 Å². The molecule has 1 aliphatic heterocycles. The average Bonchev–Trinajstić information content (AvgIpc) is 3.02. The Kier molecular flexibility index (Phi) is 7.44. The van der Waals surface area contributed by atoms with E-state index in [1.165, 1.54) is 5.57 Å². The number of hydrogen-bond donors (Lipinski definition) is 2. The van der Waals surface area contributed by atoms with E-state index < -0.39 is 0 Å². The zero-order valence-corrected chi connectivity index (χ0v) is 16.1. The Morgan fingerprint density at radius 3 is 3.04 bits per heavy atom. The van der Waals surface area contributed by atoms with Crippen molar-refractivity contribution in [3.8, 4) is 0 Å². The molecule has 2 aromatic rings. The van der Waals surface area contributed by atoms with Gasteiger partial charge in [-0.1, -0.05) is 17.7 Å². The number of fused-ring (bicyclic) bond motifs is 1. The molecule has 3 rings (SSSR count). The van der Waals surface area contributed by atoms with Crippen LogP contribution in [0.3, 0.4) is 0 Å². The van der Waals surface area contributed by atoms with E-state index in [-0.39, 0.29) is 24.0 Å². The second-order valence-electron chi connectivity index (χ2n) is 5.33. The molecule has 8 heteroatoms. The van der Waals surface area contributed by atoms with Gasteiger partial charge in [0.15, 0.2) is 17.4 Å². The lowest BCUT2D eigenvalue weighted by atomic mass is 10.1. The summed E-state index contributed by atoms with van der Waals surface area (Å²) in [6.45, 7) is 2.99. The molecule has 0 atom stereocenters. The number of guanidine groups is 1. The Balaban J connectivity index is 0.00000208. The van der Waals surface area contributed by atoms with Crippen molar-refractivity contribution in [2.45, 2.75) is 19.4 Å². The molecule has 0 saturated carbocycles. The predicted octanol–water partition coefficient (Wildman–Crippen LogP) is 1.75. The van der Waals surface area contributed by atoms with Crippen molar-refractivity contribution < 1.29 is 4.74 Å². The van der Waals surface area contributed by atoms with Crippen molar-refractivity contribution >= 4 is 35.6 Å². The molecule has 3 heterocycles. The van der Waals surface area contributed by atoms with Gasteiger partial charge in [-0.25, -0.2) is 0 Å². The third-order valence-electron chi connectivity index (χ3n) is 3.82. The van der Waals surface area contributed by atoms with Crippen molar-refractivity contribution in [2.75, 3.05) is 26.8 Å². The van der Waals surface area contributed by atoms with Crippen LogP contribution >= 0.6 is 24.0 Å². The number of pyridine rings is 1. The van der Waals surface area contributed by atoms with Gasteiger partial charge in [-0.2, -0.15) is 0 Å². The monoisotopic (exact) mass is 442 g/mol. The summed E-state index contributed by atoms with van der Waals surface area (Å²) in [7, 11) is 1.77. The van der Waals surface area contributed by atoms with Crippen LogP contribution in [-0.2, 0) is 11.3 Å². The average molecular weight is 442 g/mol. The highest BCUT2D eigenvalue weighted by Gasteiger charge is 2.06. The number of rotatable bonds is 5. The standard InChI is InChI=1S/C16H22N6O.HI/c1-17-16(18-8-5-13-6-10-23-11-7-13)19-12-15-21-20-14-4-2-3-9-22(14)15;/h2-4,6,9H,5,7-8,10-12H2,1H3,(H2,17,18,19);1H. The SMILES string of the molecule is CN=C(NCCC1=CCOCC1)NCc1nnc2ccccn12.I. The Morgan fingerprint density at radius 2 is 2.25 bits per heavy atom. The minimum atomic E-state index is 0. The third-order valence-corrected chi connectivity index (χ3v) is 3.82. The molecule has 0 aromatic carbocycles. The molecular weight excluding hydrogens is 419 g/mol. The molecule has 2 aromatic heterocycles. The number of aromatic nitrogens is 3. The molecule has 2 N–H and O–H groups in total. The first-order valence-electron chi connectivity index (χ1n) is 7.85. The minimum Gasteiger partial charge on any atom is -0.377 e. The van der Waals surface area contributed by atoms with Gasteiger partial charge in [-0.3, -0.25) is 9.39 Å². The van der Waals surface area contributed by atoms with Crippen LogP contribution in [0.25, 0.3) is 5.65 Å². The molecular formula is C16H23IN6O. The van der Waals surface area contributed by atoms with E-state index in [1.54, 1.807) is 7.05 Å². The smallest absolute Gasteiger partial charge is 0.191 e. The lowest BCUT2D eigenvalue weighted by molar-refractivity contribution is 0.153. The lowest BCUT2D eigenvalue weighted by Crippen LogP contribution is -2.37. The number of ether oxygens (including phenoxy) is 1. The summed E-state index contributed by atoms with van der Waals surface area (Å²) in [6.07, 6.45) is 6.17. The molecule has 0 bridgehead atoms. The Morgan fingerprint density at radius 1 is 1.33 bits per heavy atom. The zero-order chi connectivity index (χ0) is 15.9. The Labute approximate surface area is 158 Å². The summed E-state index contributed by atoms with van der Waals surface area (Å²) in [5, 5.41) is 14.9. The fourth-order valence-corrected chi connectivity index (χ4v) is 2.53. The molecule has 0 radical (unpaired) electrons. The van der Waals surface area contributed by atoms with Gasteiger partial charge in [-0.05, 0) is 25.0 Å². The highest BCUT2D eigenvalue weighted by atomic mass is 127. The fraction of sp³-hybridized carbons (Fsp3) is 0.438. The Bertz CT molecular complexity index is 711. The number of hydrogen-bond acceptors (Lipinski definition) is 4. The van der Waals surface area contributed by atoms with Crippen LogP contribution in [0.4, 0.5) is 0 Å². The van der Waals surface area contributed by atoms with Crippen LogP contribution in [0.1, 0.15) is 18.7 Å². The first kappa shape index (κ1) is 18.7. The van der Waals surface area contributed by atoms with Crippen LogP contribution < -0.4 is 10.6 Å². The number of nitrogens with one attached hydrogen (secondary N) is 2. The van der Waals surface area contributed by atoms with Crippen molar-refractivity contribution in [1.82, 2.24) is 25.2 Å². The minimum absolute atomic E-state index is 0. The van der Waals surface area contributed by atoms with E-state index in [1.807, 2.05) is 28.8 Å². The molecule has 0 aliphatic carbocycles. The maximum absolute atomic E-state index is 5.32. The number of aliphatic imine (C=N–C) groups is 1. The largest absolute Gasteiger partial charge is 0.377 e. The van der Waals surface area contributed by atoms with Crippen LogP contribution in [0.2, 0.25) is 0 Å². The van der Waals surface area contributed by atoms with E-state index >= 15 is 0 Å². The highest BCUT2D eigenvalue weighted by molar-refractivity contribution is 14.0. The van der Waals surface area contributed by atoms with E-state index in [0.717, 1.165) is 50.0 Å². The molecule has 130 valence electrons. The number of halogens is 1. The van der Waals surface area contributed by atoms with Crippen LogP contribution in [0.15, 0.2) is 41.0 Å². The normalized spacial score (nSPS) is 14.9. The fourth-order valence-electron chi connectivity index (χ4n) is 2.53. The van der Waals surface area contributed by atoms with Crippen molar-refractivity contribution in [3.63, 3.8) is 0 Å². The highest BCUT2D eigenvalue weighted by Crippen LogP contribution is 2.10. The third kappa shape index (κ3) is 4.91. The van der Waals surface area contributed by atoms with Crippen LogP contribution in [-0.4, -0.2) is 47.4 Å². The summed E-state index contributed by atoms with van der Waals surface area (Å²) < 4.78 is 7.28. The van der Waals surface area contributed by atoms with Crippen molar-refractivity contribution in [1.29, 1.82) is 0 Å². The van der Waals surface area contributed by atoms with Gasteiger partial charge in [0.1, 0.15) is 0 Å². The molecule has 0 saturated heterocycles. The van der Waals surface area contributed by atoms with E-state index in [9.17, 15) is 0 Å². The second-order valence-corrected chi connectivity index (χ2v) is 5.33. The van der Waals surface area contributed by atoms with Crippen LogP contribution in [0.5, 0.6) is 0 Å². The molecule has 0 amide bonds. The van der Waals surface area contributed by atoms with Gasteiger partial charge in [0.25, 0.3) is 0 Å². The maximum Gasteiger partial charge on any atom is 0.191 e. The predicted molar refractivity (Wildman–Crippen MR) is 105 cm³/mol. The first-order valence-corrected chi connectivity index (χ1v) is 7.85. The molecule has 0 fully saturated rings. The topological polar surface area (TPSA) is 75.8 Å². The van der Waals surface area contributed by atoms with Gasteiger partial charge in [-0.15, -0.1) is 34.2 Å². The van der Waals surface area contributed by atoms with Crippen molar-refractivity contribution in [2.24, 2.45) is 4.99 Å². The lowest BCUT2D eigenvalue weighted by Gasteiger charge is -2.15. The summed E-state index contributed by atoms with van der Waals surface area (Å²) in [6, 6.07) is 5.85. The van der Waals surface area contributed by atoms with Crippen LogP contribution in [0, 0.1) is 0 Å². The summed E-state index contributed by atoms with van der Waals surface area (Å²) in [4.78, 5) is 4.24. The molecule has 24 heavy (non-hydrogen) atoms. The Hall–Kier alpha value is -1.68. The van der Waals surface area contributed by atoms with E-state index in [0.29, 0.717) is 6.54 Å². The summed E-state index contributed by atoms with van der Waals surface area (Å²) >= 11 is 0. The zero-order valence-electron chi connectivity index (χ0n) is 13.7. The maximum atomic E-state index is 5.32. The van der Waals surface area contributed by atoms with Gasteiger partial charge < -0.3 is 15.4 Å². The quantitative estimate of drug-likeness (QED) is 0.320. The summed E-state index contributed by atoms with van der Waals surface area (Å²) in [5.74, 6) is 1.63. The second kappa shape index (κ2) is 9.58. The molecule has 0 unspecified atom stereocenters.